The van der Waals surface area contributed by atoms with Gasteiger partial charge in [-0.1, -0.05) is 6.92 Å². The second-order valence-corrected chi connectivity index (χ2v) is 8.71. The first-order chi connectivity index (χ1) is 16.1. The van der Waals surface area contributed by atoms with E-state index in [-0.39, 0.29) is 11.5 Å². The minimum absolute atomic E-state index is 0.0146. The van der Waals surface area contributed by atoms with Crippen LogP contribution < -0.4 is 20.5 Å². The average molecular weight is 448 g/mol. The molecule has 4 heterocycles. The fraction of sp³-hybridized carbons (Fsp3) is 0.400. The fourth-order valence-electron chi connectivity index (χ4n) is 4.81. The molecule has 0 saturated carbocycles. The second kappa shape index (κ2) is 8.86. The lowest BCUT2D eigenvalue weighted by atomic mass is 10.0. The first-order valence-electron chi connectivity index (χ1n) is 11.5. The lowest BCUT2D eigenvalue weighted by Gasteiger charge is -2.43. The molecule has 2 aromatic heterocycles. The number of hydrogen-bond acceptors (Lipinski definition) is 6. The molecular formula is C25H29N5O3. The van der Waals surface area contributed by atoms with Gasteiger partial charge in [0, 0.05) is 61.3 Å². The Labute approximate surface area is 192 Å². The lowest BCUT2D eigenvalue weighted by Crippen LogP contribution is -2.53. The van der Waals surface area contributed by atoms with Gasteiger partial charge in [-0.05, 0) is 43.2 Å². The second-order valence-electron chi connectivity index (χ2n) is 8.71. The summed E-state index contributed by atoms with van der Waals surface area (Å²) in [6, 6.07) is 10.2. The zero-order valence-corrected chi connectivity index (χ0v) is 19.1. The van der Waals surface area contributed by atoms with Gasteiger partial charge in [0.05, 0.1) is 18.5 Å². The Bertz CT molecular complexity index is 1240. The maximum atomic E-state index is 12.3. The van der Waals surface area contributed by atoms with Crippen LogP contribution in [0.5, 0.6) is 5.75 Å². The zero-order chi connectivity index (χ0) is 22.9. The Morgan fingerprint density at radius 3 is 2.91 bits per heavy atom. The molecule has 1 atom stereocenters. The van der Waals surface area contributed by atoms with E-state index in [1.54, 1.807) is 19.3 Å². The first kappa shape index (κ1) is 21.5. The Morgan fingerprint density at radius 1 is 1.27 bits per heavy atom. The molecule has 1 unspecified atom stereocenters. The smallest absolute Gasteiger partial charge is 0.269 e. The number of benzene rings is 1. The van der Waals surface area contributed by atoms with Crippen LogP contribution in [0.2, 0.25) is 0 Å². The third kappa shape index (κ3) is 4.18. The molecule has 2 aliphatic rings. The van der Waals surface area contributed by atoms with Crippen LogP contribution in [-0.2, 0) is 13.0 Å². The van der Waals surface area contributed by atoms with Crippen molar-refractivity contribution in [1.82, 2.24) is 20.2 Å². The average Bonchev–Trinajstić information content (AvgIpc) is 2.83. The first-order valence-corrected chi connectivity index (χ1v) is 11.5. The predicted molar refractivity (Wildman–Crippen MR) is 128 cm³/mol. The van der Waals surface area contributed by atoms with E-state index in [2.05, 4.69) is 37.2 Å². The summed E-state index contributed by atoms with van der Waals surface area (Å²) in [6.07, 6.45) is 3.42. The number of ether oxygens (including phenoxy) is 1. The Kier molecular flexibility index (Phi) is 5.76. The SMILES string of the molecule is CCc1cc2cc3c(cc2[nH]c1=O)CN1CCN(c2ccc(C(=O)NC)nc2)CC1CCO3. The van der Waals surface area contributed by atoms with Crippen molar-refractivity contribution >= 4 is 22.5 Å². The number of aromatic amines is 1. The summed E-state index contributed by atoms with van der Waals surface area (Å²) in [5.41, 5.74) is 4.20. The summed E-state index contributed by atoms with van der Waals surface area (Å²) in [5, 5.41) is 3.62. The summed E-state index contributed by atoms with van der Waals surface area (Å²) in [7, 11) is 1.61. The number of carbonyl (C=O) groups excluding carboxylic acids is 1. The van der Waals surface area contributed by atoms with E-state index in [1.165, 1.54) is 0 Å². The largest absolute Gasteiger partial charge is 0.493 e. The molecule has 172 valence electrons. The van der Waals surface area contributed by atoms with Gasteiger partial charge in [-0.15, -0.1) is 0 Å². The lowest BCUT2D eigenvalue weighted by molar-refractivity contribution is 0.0958. The molecule has 0 radical (unpaired) electrons. The van der Waals surface area contributed by atoms with Crippen LogP contribution in [-0.4, -0.2) is 60.1 Å². The Morgan fingerprint density at radius 2 is 2.15 bits per heavy atom. The van der Waals surface area contributed by atoms with Crippen LogP contribution in [0.1, 0.15) is 35.0 Å². The number of nitrogens with one attached hydrogen (secondary N) is 2. The molecule has 1 aromatic carbocycles. The van der Waals surface area contributed by atoms with Crippen molar-refractivity contribution < 1.29 is 9.53 Å². The predicted octanol–water partition coefficient (Wildman–Crippen LogP) is 2.32. The number of rotatable bonds is 3. The van der Waals surface area contributed by atoms with E-state index in [1.807, 2.05) is 19.1 Å². The topological polar surface area (TPSA) is 90.6 Å². The standard InChI is InChI=1S/C25H29N5O3/c1-3-16-10-17-12-23-18(11-22(17)28-24(16)31)14-29-7-8-30(15-20(29)6-9-33-23)19-4-5-21(27-13-19)25(32)26-2/h4-5,10-13,20H,3,6-9,14-15H2,1-2H3,(H,26,32)(H,28,31). The number of hydrogen-bond donors (Lipinski definition) is 2. The minimum Gasteiger partial charge on any atom is -0.493 e. The van der Waals surface area contributed by atoms with Crippen molar-refractivity contribution in [2.45, 2.75) is 32.4 Å². The van der Waals surface area contributed by atoms with Crippen molar-refractivity contribution in [3.8, 4) is 5.75 Å². The molecule has 0 spiro atoms. The fourth-order valence-corrected chi connectivity index (χ4v) is 4.81. The number of amides is 1. The molecule has 3 aromatic rings. The number of anilines is 1. The quantitative estimate of drug-likeness (QED) is 0.641. The van der Waals surface area contributed by atoms with Crippen molar-refractivity contribution in [3.63, 3.8) is 0 Å². The van der Waals surface area contributed by atoms with Gasteiger partial charge in [0.2, 0.25) is 0 Å². The van der Waals surface area contributed by atoms with Gasteiger partial charge in [-0.3, -0.25) is 14.5 Å². The molecule has 8 heteroatoms. The molecule has 1 fully saturated rings. The minimum atomic E-state index is -0.179. The number of piperazine rings is 1. The maximum absolute atomic E-state index is 12.3. The normalized spacial score (nSPS) is 18.6. The number of aromatic nitrogens is 2. The van der Waals surface area contributed by atoms with Gasteiger partial charge in [0.25, 0.3) is 11.5 Å². The maximum Gasteiger partial charge on any atom is 0.269 e. The summed E-state index contributed by atoms with van der Waals surface area (Å²) in [5.74, 6) is 0.730. The summed E-state index contributed by atoms with van der Waals surface area (Å²) in [4.78, 5) is 36.3. The molecule has 33 heavy (non-hydrogen) atoms. The van der Waals surface area contributed by atoms with Crippen LogP contribution in [0.15, 0.2) is 41.3 Å². The highest BCUT2D eigenvalue weighted by Crippen LogP contribution is 2.31. The Hall–Kier alpha value is -3.39. The molecule has 0 aliphatic carbocycles. The monoisotopic (exact) mass is 447 g/mol. The van der Waals surface area contributed by atoms with E-state index in [0.717, 1.165) is 66.1 Å². The van der Waals surface area contributed by atoms with Gasteiger partial charge in [-0.2, -0.15) is 0 Å². The van der Waals surface area contributed by atoms with Crippen LogP contribution >= 0.6 is 0 Å². The van der Waals surface area contributed by atoms with Crippen LogP contribution in [0.4, 0.5) is 5.69 Å². The molecule has 1 saturated heterocycles. The van der Waals surface area contributed by atoms with Crippen molar-refractivity contribution in [2.75, 3.05) is 38.2 Å². The van der Waals surface area contributed by atoms with Crippen molar-refractivity contribution in [2.24, 2.45) is 0 Å². The van der Waals surface area contributed by atoms with Crippen molar-refractivity contribution in [3.05, 3.63) is 63.7 Å². The number of H-pyrrole nitrogens is 1. The highest BCUT2D eigenvalue weighted by molar-refractivity contribution is 5.92. The number of fused-ring (bicyclic) bond motifs is 3. The third-order valence-corrected chi connectivity index (χ3v) is 6.74. The zero-order valence-electron chi connectivity index (χ0n) is 19.1. The van der Waals surface area contributed by atoms with Crippen LogP contribution in [0.3, 0.4) is 0 Å². The molecule has 0 bridgehead atoms. The Balaban J connectivity index is 1.36. The summed E-state index contributed by atoms with van der Waals surface area (Å²) >= 11 is 0. The van der Waals surface area contributed by atoms with Gasteiger partial charge >= 0.3 is 0 Å². The van der Waals surface area contributed by atoms with Crippen LogP contribution in [0, 0.1) is 0 Å². The highest BCUT2D eigenvalue weighted by Gasteiger charge is 2.29. The van der Waals surface area contributed by atoms with E-state index in [4.69, 9.17) is 4.74 Å². The van der Waals surface area contributed by atoms with E-state index in [9.17, 15) is 9.59 Å². The van der Waals surface area contributed by atoms with E-state index >= 15 is 0 Å². The number of pyridine rings is 2. The molecule has 2 N–H and O–H groups in total. The van der Waals surface area contributed by atoms with Gasteiger partial charge < -0.3 is 19.9 Å². The van der Waals surface area contributed by atoms with Gasteiger partial charge in [-0.25, -0.2) is 4.98 Å². The number of carbonyl (C=O) groups is 1. The molecule has 5 rings (SSSR count). The number of nitrogens with zero attached hydrogens (tertiary/aromatic N) is 3. The molecular weight excluding hydrogens is 418 g/mol. The summed E-state index contributed by atoms with van der Waals surface area (Å²) < 4.78 is 6.19. The highest BCUT2D eigenvalue weighted by atomic mass is 16.5. The van der Waals surface area contributed by atoms with Crippen molar-refractivity contribution in [1.29, 1.82) is 0 Å². The molecule has 8 nitrogen and oxygen atoms in total. The van der Waals surface area contributed by atoms with E-state index in [0.29, 0.717) is 24.8 Å². The van der Waals surface area contributed by atoms with E-state index < -0.39 is 0 Å². The number of aryl methyl sites for hydroxylation is 1. The van der Waals surface area contributed by atoms with Gasteiger partial charge in [0.15, 0.2) is 0 Å². The third-order valence-electron chi connectivity index (χ3n) is 6.74. The molecule has 2 aliphatic heterocycles. The molecule has 1 amide bonds. The van der Waals surface area contributed by atoms with Gasteiger partial charge in [0.1, 0.15) is 11.4 Å². The summed E-state index contributed by atoms with van der Waals surface area (Å²) in [6.45, 7) is 6.11. The van der Waals surface area contributed by atoms with Crippen LogP contribution in [0.25, 0.3) is 10.9 Å².